The fraction of sp³-hybridized carbons (Fsp3) is 0.538. The first kappa shape index (κ1) is 31.3. The second-order valence-corrected chi connectivity index (χ2v) is 11.8. The summed E-state index contributed by atoms with van der Waals surface area (Å²) in [5, 5.41) is 8.85. The van der Waals surface area contributed by atoms with E-state index in [9.17, 15) is 23.7 Å². The molecule has 1 aliphatic rings. The molecule has 14 heteroatoms. The fourth-order valence-corrected chi connectivity index (χ4v) is 5.13. The van der Waals surface area contributed by atoms with Crippen LogP contribution in [0.2, 0.25) is 0 Å². The summed E-state index contributed by atoms with van der Waals surface area (Å²) in [4.78, 5) is 55.0. The van der Waals surface area contributed by atoms with Gasteiger partial charge in [0.2, 0.25) is 11.8 Å². The second kappa shape index (κ2) is 13.9. The topological polar surface area (TPSA) is 174 Å². The summed E-state index contributed by atoms with van der Waals surface area (Å²) in [7, 11) is -0.194. The van der Waals surface area contributed by atoms with Gasteiger partial charge in [-0.3, -0.25) is 32.7 Å². The summed E-state index contributed by atoms with van der Waals surface area (Å²) in [6, 6.07) is 4.87. The van der Waals surface area contributed by atoms with Gasteiger partial charge in [-0.1, -0.05) is 19.9 Å². The van der Waals surface area contributed by atoms with Gasteiger partial charge in [0.05, 0.1) is 13.2 Å². The number of H-pyrrole nitrogens is 1. The van der Waals surface area contributed by atoms with Crippen LogP contribution in [0.3, 0.4) is 0 Å². The zero-order valence-electron chi connectivity index (χ0n) is 23.3. The number of aromatic nitrogens is 1. The number of hydrogen-bond acceptors (Lipinski definition) is 9. The lowest BCUT2D eigenvalue weighted by atomic mass is 9.95. The third-order valence-corrected chi connectivity index (χ3v) is 7.96. The maximum absolute atomic E-state index is 13.4. The molecule has 0 saturated carbocycles. The Bertz CT molecular complexity index is 1270. The van der Waals surface area contributed by atoms with Crippen molar-refractivity contribution < 1.29 is 42.1 Å². The van der Waals surface area contributed by atoms with Gasteiger partial charge in [-0.2, -0.15) is 0 Å². The number of carbonyl (C=O) groups is 4. The van der Waals surface area contributed by atoms with E-state index in [1.807, 2.05) is 13.8 Å². The zero-order valence-corrected chi connectivity index (χ0v) is 24.2. The first-order valence-corrected chi connectivity index (χ1v) is 14.4. The lowest BCUT2D eigenvalue weighted by Crippen LogP contribution is -2.53. The van der Waals surface area contributed by atoms with E-state index in [-0.39, 0.29) is 30.4 Å². The predicted octanol–water partition coefficient (Wildman–Crippen LogP) is 2.32. The molecule has 1 aliphatic heterocycles. The molecular formula is C26H37N4O9P. The fourth-order valence-electron chi connectivity index (χ4n) is 4.49. The van der Waals surface area contributed by atoms with Crippen molar-refractivity contribution in [3.63, 3.8) is 0 Å². The highest BCUT2D eigenvalue weighted by molar-refractivity contribution is 7.48. The monoisotopic (exact) mass is 580 g/mol. The Kier molecular flexibility index (Phi) is 10.9. The van der Waals surface area contributed by atoms with Gasteiger partial charge < -0.3 is 25.7 Å². The first-order chi connectivity index (χ1) is 19.0. The number of phosphoric acid groups is 1. The maximum atomic E-state index is 13.4. The number of benzene rings is 1. The highest BCUT2D eigenvalue weighted by atomic mass is 31.2. The highest BCUT2D eigenvalue weighted by Crippen LogP contribution is 2.47. The van der Waals surface area contributed by atoms with Crippen molar-refractivity contribution in [1.82, 2.24) is 20.9 Å². The van der Waals surface area contributed by atoms with E-state index in [0.717, 1.165) is 14.2 Å². The number of fused-ring (bicyclic) bond motifs is 1. The number of Topliss-reactive ketones (excluding diaryl/α,β-unsaturated/α-hetero) is 1. The van der Waals surface area contributed by atoms with Gasteiger partial charge in [0.15, 0.2) is 5.78 Å². The normalized spacial score (nSPS) is 16.9. The van der Waals surface area contributed by atoms with Crippen LogP contribution in [0.25, 0.3) is 10.9 Å². The van der Waals surface area contributed by atoms with Crippen molar-refractivity contribution in [3.05, 3.63) is 30.0 Å². The number of ketones is 1. The maximum Gasteiger partial charge on any atom is 0.474 e. The van der Waals surface area contributed by atoms with E-state index in [0.29, 0.717) is 29.6 Å². The van der Waals surface area contributed by atoms with Gasteiger partial charge in [-0.05, 0) is 43.4 Å². The molecule has 1 fully saturated rings. The van der Waals surface area contributed by atoms with E-state index >= 15 is 0 Å². The Morgan fingerprint density at radius 1 is 1.10 bits per heavy atom. The quantitative estimate of drug-likeness (QED) is 0.231. The number of ether oxygens (including phenoxy) is 1. The van der Waals surface area contributed by atoms with Crippen LogP contribution in [-0.4, -0.2) is 75.1 Å². The van der Waals surface area contributed by atoms with Crippen LogP contribution in [-0.2, 0) is 32.5 Å². The molecule has 0 spiro atoms. The molecule has 3 amide bonds. The molecule has 40 heavy (non-hydrogen) atoms. The Hall–Kier alpha value is -3.25. The van der Waals surface area contributed by atoms with Crippen LogP contribution < -0.4 is 20.7 Å². The van der Waals surface area contributed by atoms with Crippen LogP contribution in [0, 0.1) is 11.8 Å². The number of carbonyl (C=O) groups excluding carboxylic acids is 4. The van der Waals surface area contributed by atoms with Gasteiger partial charge in [-0.15, -0.1) is 0 Å². The summed E-state index contributed by atoms with van der Waals surface area (Å²) < 4.78 is 32.1. The van der Waals surface area contributed by atoms with E-state index in [1.165, 1.54) is 7.11 Å². The number of rotatable bonds is 15. The smallest absolute Gasteiger partial charge is 0.474 e. The van der Waals surface area contributed by atoms with Crippen LogP contribution in [0.1, 0.15) is 43.6 Å². The summed E-state index contributed by atoms with van der Waals surface area (Å²) in [5.74, 6) is -1.86. The van der Waals surface area contributed by atoms with Gasteiger partial charge in [0, 0.05) is 37.6 Å². The lowest BCUT2D eigenvalue weighted by Gasteiger charge is -2.25. The number of hydrogen-bond donors (Lipinski definition) is 4. The molecule has 0 aliphatic carbocycles. The summed E-state index contributed by atoms with van der Waals surface area (Å²) in [6.07, 6.45) is 0.781. The Balaban J connectivity index is 1.78. The zero-order chi connectivity index (χ0) is 29.4. The Morgan fingerprint density at radius 2 is 1.82 bits per heavy atom. The van der Waals surface area contributed by atoms with Crippen molar-refractivity contribution in [2.24, 2.45) is 11.8 Å². The molecule has 2 aromatic rings. The second-order valence-electron chi connectivity index (χ2n) is 9.89. The average molecular weight is 581 g/mol. The van der Waals surface area contributed by atoms with Gasteiger partial charge >= 0.3 is 7.82 Å². The lowest BCUT2D eigenvalue weighted by molar-refractivity contribution is -0.131. The van der Waals surface area contributed by atoms with Gasteiger partial charge in [0.1, 0.15) is 24.1 Å². The minimum atomic E-state index is -3.95. The minimum absolute atomic E-state index is 0.00812. The standard InChI is InChI=1S/C26H37N4O9P/c1-15(2)11-20(30-26(34)21-13-17-18(28-21)7-6-8-23(17)36-3)25(33)29-19(12-16-9-10-27-24(16)32)22(31)14-39-40(35,37-4)38-5/h6-8,13,15-16,19-20,28H,9-12,14H2,1-5H3,(H,27,32)(H,29,33)(H,30,34)/t16-,19-,20-/m0/s1. The van der Waals surface area contributed by atoms with Crippen molar-refractivity contribution in [2.75, 3.05) is 34.5 Å². The number of amides is 3. The molecule has 220 valence electrons. The van der Waals surface area contributed by atoms with Crippen molar-refractivity contribution >= 4 is 42.2 Å². The van der Waals surface area contributed by atoms with Crippen molar-refractivity contribution in [1.29, 1.82) is 0 Å². The average Bonchev–Trinajstić information content (AvgIpc) is 3.56. The molecule has 0 unspecified atom stereocenters. The third kappa shape index (κ3) is 7.91. The number of phosphoric ester groups is 1. The summed E-state index contributed by atoms with van der Waals surface area (Å²) in [5.41, 5.74) is 0.930. The molecule has 1 aromatic carbocycles. The number of nitrogens with one attached hydrogen (secondary N) is 4. The third-order valence-electron chi connectivity index (χ3n) is 6.62. The van der Waals surface area contributed by atoms with E-state index in [1.54, 1.807) is 24.3 Å². The molecule has 3 rings (SSSR count). The van der Waals surface area contributed by atoms with Crippen LogP contribution in [0.5, 0.6) is 5.75 Å². The summed E-state index contributed by atoms with van der Waals surface area (Å²) >= 11 is 0. The SMILES string of the molecule is COc1cccc2[nH]c(C(=O)N[C@@H](CC(C)C)C(=O)N[C@@H](C[C@@H]3CCNC3=O)C(=O)COP(=O)(OC)OC)cc12. The van der Waals surface area contributed by atoms with E-state index in [2.05, 4.69) is 20.9 Å². The highest BCUT2D eigenvalue weighted by Gasteiger charge is 2.35. The molecule has 13 nitrogen and oxygen atoms in total. The molecule has 0 radical (unpaired) electrons. The van der Waals surface area contributed by atoms with Gasteiger partial charge in [-0.25, -0.2) is 4.57 Å². The van der Waals surface area contributed by atoms with E-state index in [4.69, 9.17) is 18.3 Å². The van der Waals surface area contributed by atoms with Crippen molar-refractivity contribution in [3.8, 4) is 5.75 Å². The van der Waals surface area contributed by atoms with Crippen LogP contribution >= 0.6 is 7.82 Å². The largest absolute Gasteiger partial charge is 0.496 e. The molecular weight excluding hydrogens is 543 g/mol. The first-order valence-electron chi connectivity index (χ1n) is 12.9. The molecule has 2 heterocycles. The molecule has 3 atom stereocenters. The summed E-state index contributed by atoms with van der Waals surface area (Å²) in [6.45, 7) is 3.56. The molecule has 1 saturated heterocycles. The van der Waals surface area contributed by atoms with Gasteiger partial charge in [0.25, 0.3) is 5.91 Å². The number of aromatic amines is 1. The van der Waals surface area contributed by atoms with Crippen LogP contribution in [0.15, 0.2) is 24.3 Å². The van der Waals surface area contributed by atoms with E-state index < -0.39 is 50.0 Å². The molecule has 4 N–H and O–H groups in total. The minimum Gasteiger partial charge on any atom is -0.496 e. The number of methoxy groups -OCH3 is 1. The van der Waals surface area contributed by atoms with Crippen molar-refractivity contribution in [2.45, 2.75) is 45.2 Å². The molecule has 0 bridgehead atoms. The van der Waals surface area contributed by atoms with Crippen LogP contribution in [0.4, 0.5) is 0 Å². The predicted molar refractivity (Wildman–Crippen MR) is 146 cm³/mol. The molecule has 1 aromatic heterocycles. The Labute approximate surface area is 232 Å². The Morgan fingerprint density at radius 3 is 2.42 bits per heavy atom.